The molecule has 1 unspecified atom stereocenters. The van der Waals surface area contributed by atoms with Crippen LogP contribution in [-0.2, 0) is 0 Å². The standard InChI is InChI=1S/C15H12Br2Cl2O/c1-2-20-14-6-3-9(16)7-12(14)15(19)11-8-10(18)4-5-13(11)17/h3-8,15H,2H2,1H3. The lowest BCUT2D eigenvalue weighted by atomic mass is 10.0. The van der Waals surface area contributed by atoms with E-state index in [1.165, 1.54) is 0 Å². The first-order valence-corrected chi connectivity index (χ1v) is 8.44. The maximum atomic E-state index is 6.63. The van der Waals surface area contributed by atoms with E-state index in [1.54, 1.807) is 0 Å². The lowest BCUT2D eigenvalue weighted by Crippen LogP contribution is -2.01. The van der Waals surface area contributed by atoms with Gasteiger partial charge in [-0.1, -0.05) is 43.5 Å². The SMILES string of the molecule is CCOc1ccc(Br)cc1C(Cl)c1cc(Cl)ccc1Br. The minimum absolute atomic E-state index is 0.345. The van der Waals surface area contributed by atoms with Crippen molar-refractivity contribution in [2.75, 3.05) is 6.61 Å². The topological polar surface area (TPSA) is 9.23 Å². The molecular weight excluding hydrogens is 427 g/mol. The maximum Gasteiger partial charge on any atom is 0.124 e. The largest absolute Gasteiger partial charge is 0.494 e. The lowest BCUT2D eigenvalue weighted by Gasteiger charge is -2.17. The van der Waals surface area contributed by atoms with E-state index >= 15 is 0 Å². The first kappa shape index (κ1) is 16.2. The van der Waals surface area contributed by atoms with E-state index in [9.17, 15) is 0 Å². The predicted molar refractivity (Wildman–Crippen MR) is 92.2 cm³/mol. The Morgan fingerprint density at radius 1 is 1.10 bits per heavy atom. The van der Waals surface area contributed by atoms with Crippen molar-refractivity contribution in [1.82, 2.24) is 0 Å². The smallest absolute Gasteiger partial charge is 0.124 e. The van der Waals surface area contributed by atoms with Crippen molar-refractivity contribution in [1.29, 1.82) is 0 Å². The van der Waals surface area contributed by atoms with Crippen LogP contribution in [0.25, 0.3) is 0 Å². The Morgan fingerprint density at radius 2 is 1.85 bits per heavy atom. The Hall–Kier alpha value is -0.220. The molecule has 0 aliphatic rings. The van der Waals surface area contributed by atoms with E-state index in [2.05, 4.69) is 31.9 Å². The Balaban J connectivity index is 2.49. The summed E-state index contributed by atoms with van der Waals surface area (Å²) in [6.07, 6.45) is 0. The van der Waals surface area contributed by atoms with Gasteiger partial charge in [0, 0.05) is 19.5 Å². The summed E-state index contributed by atoms with van der Waals surface area (Å²) in [5, 5.41) is 0.309. The van der Waals surface area contributed by atoms with Crippen molar-refractivity contribution in [3.8, 4) is 5.75 Å². The molecule has 0 saturated carbocycles. The van der Waals surface area contributed by atoms with Gasteiger partial charge in [-0.2, -0.15) is 0 Å². The van der Waals surface area contributed by atoms with Crippen molar-refractivity contribution in [3.63, 3.8) is 0 Å². The third kappa shape index (κ3) is 3.70. The minimum atomic E-state index is -0.345. The van der Waals surface area contributed by atoms with Gasteiger partial charge in [-0.3, -0.25) is 0 Å². The van der Waals surface area contributed by atoms with Gasteiger partial charge in [-0.25, -0.2) is 0 Å². The summed E-state index contributed by atoms with van der Waals surface area (Å²) in [6, 6.07) is 11.4. The molecule has 20 heavy (non-hydrogen) atoms. The Labute approximate surface area is 145 Å². The van der Waals surface area contributed by atoms with Gasteiger partial charge in [0.2, 0.25) is 0 Å². The van der Waals surface area contributed by atoms with Crippen LogP contribution in [0.1, 0.15) is 23.4 Å². The van der Waals surface area contributed by atoms with E-state index in [-0.39, 0.29) is 5.38 Å². The summed E-state index contributed by atoms with van der Waals surface area (Å²) in [5.74, 6) is 0.780. The second-order valence-corrected chi connectivity index (χ2v) is 6.79. The number of hydrogen-bond donors (Lipinski definition) is 0. The van der Waals surface area contributed by atoms with Gasteiger partial charge < -0.3 is 4.74 Å². The van der Waals surface area contributed by atoms with Crippen LogP contribution in [0.15, 0.2) is 45.3 Å². The molecule has 2 rings (SSSR count). The summed E-state index contributed by atoms with van der Waals surface area (Å²) >= 11 is 19.7. The maximum absolute atomic E-state index is 6.63. The zero-order valence-electron chi connectivity index (χ0n) is 10.7. The molecule has 0 heterocycles. The van der Waals surface area contributed by atoms with Crippen LogP contribution in [-0.4, -0.2) is 6.61 Å². The molecule has 0 spiro atoms. The molecule has 0 aliphatic heterocycles. The molecule has 0 radical (unpaired) electrons. The molecule has 1 atom stereocenters. The quantitative estimate of drug-likeness (QED) is 0.489. The van der Waals surface area contributed by atoms with Crippen LogP contribution >= 0.6 is 55.1 Å². The molecule has 2 aromatic carbocycles. The van der Waals surface area contributed by atoms with Gasteiger partial charge in [0.05, 0.1) is 12.0 Å². The minimum Gasteiger partial charge on any atom is -0.494 e. The van der Waals surface area contributed by atoms with E-state index in [0.29, 0.717) is 11.6 Å². The van der Waals surface area contributed by atoms with Gasteiger partial charge in [0.25, 0.3) is 0 Å². The Bertz CT molecular complexity index is 617. The van der Waals surface area contributed by atoms with Crippen molar-refractivity contribution in [3.05, 3.63) is 61.5 Å². The van der Waals surface area contributed by atoms with E-state index in [1.807, 2.05) is 43.3 Å². The van der Waals surface area contributed by atoms with E-state index in [0.717, 1.165) is 25.8 Å². The number of halogens is 4. The van der Waals surface area contributed by atoms with Crippen molar-refractivity contribution in [2.45, 2.75) is 12.3 Å². The third-order valence-corrected chi connectivity index (χ3v) is 4.70. The number of hydrogen-bond acceptors (Lipinski definition) is 1. The van der Waals surface area contributed by atoms with Gasteiger partial charge in [0.1, 0.15) is 5.75 Å². The van der Waals surface area contributed by atoms with Crippen molar-refractivity contribution in [2.24, 2.45) is 0 Å². The average Bonchev–Trinajstić information content (AvgIpc) is 2.43. The molecule has 106 valence electrons. The monoisotopic (exact) mass is 436 g/mol. The molecule has 0 saturated heterocycles. The normalized spacial score (nSPS) is 12.2. The number of benzene rings is 2. The fourth-order valence-electron chi connectivity index (χ4n) is 1.88. The number of ether oxygens (including phenoxy) is 1. The number of alkyl halides is 1. The summed E-state index contributed by atoms with van der Waals surface area (Å²) in [4.78, 5) is 0. The summed E-state index contributed by atoms with van der Waals surface area (Å²) < 4.78 is 7.53. The molecule has 2 aromatic rings. The van der Waals surface area contributed by atoms with Crippen LogP contribution in [0.4, 0.5) is 0 Å². The van der Waals surface area contributed by atoms with Crippen LogP contribution in [0.5, 0.6) is 5.75 Å². The molecule has 0 amide bonds. The van der Waals surface area contributed by atoms with E-state index < -0.39 is 0 Å². The van der Waals surface area contributed by atoms with Crippen LogP contribution < -0.4 is 4.74 Å². The molecule has 1 nitrogen and oxygen atoms in total. The van der Waals surface area contributed by atoms with Crippen LogP contribution in [0.2, 0.25) is 5.02 Å². The zero-order valence-corrected chi connectivity index (χ0v) is 15.4. The first-order chi connectivity index (χ1) is 9.52. The Kier molecular flexibility index (Phi) is 5.79. The lowest BCUT2D eigenvalue weighted by molar-refractivity contribution is 0.337. The van der Waals surface area contributed by atoms with Crippen LogP contribution in [0.3, 0.4) is 0 Å². The molecule has 0 aromatic heterocycles. The summed E-state index contributed by atoms with van der Waals surface area (Å²) in [6.45, 7) is 2.54. The summed E-state index contributed by atoms with van der Waals surface area (Å²) in [5.41, 5.74) is 1.82. The zero-order chi connectivity index (χ0) is 14.7. The first-order valence-electron chi connectivity index (χ1n) is 6.04. The molecule has 5 heteroatoms. The van der Waals surface area contributed by atoms with Gasteiger partial charge in [-0.05, 0) is 48.9 Å². The van der Waals surface area contributed by atoms with Gasteiger partial charge in [0.15, 0.2) is 0 Å². The third-order valence-electron chi connectivity index (χ3n) is 2.78. The highest BCUT2D eigenvalue weighted by Crippen LogP contribution is 2.40. The van der Waals surface area contributed by atoms with Crippen molar-refractivity contribution < 1.29 is 4.74 Å². The molecular formula is C15H12Br2Cl2O. The fraction of sp³-hybridized carbons (Fsp3) is 0.200. The summed E-state index contributed by atoms with van der Waals surface area (Å²) in [7, 11) is 0. The average molecular weight is 439 g/mol. The van der Waals surface area contributed by atoms with Crippen molar-refractivity contribution >= 4 is 55.1 Å². The second kappa shape index (κ2) is 7.17. The number of rotatable bonds is 4. The highest BCUT2D eigenvalue weighted by Gasteiger charge is 2.19. The van der Waals surface area contributed by atoms with Gasteiger partial charge in [-0.15, -0.1) is 11.6 Å². The molecule has 0 bridgehead atoms. The molecule has 0 N–H and O–H groups in total. The Morgan fingerprint density at radius 3 is 2.55 bits per heavy atom. The highest BCUT2D eigenvalue weighted by molar-refractivity contribution is 9.10. The van der Waals surface area contributed by atoms with Crippen LogP contribution in [0, 0.1) is 0 Å². The molecule has 0 fully saturated rings. The van der Waals surface area contributed by atoms with E-state index in [4.69, 9.17) is 27.9 Å². The predicted octanol–water partition coefficient (Wildman–Crippen LogP) is 6.59. The molecule has 0 aliphatic carbocycles. The second-order valence-electron chi connectivity index (χ2n) is 4.14. The highest BCUT2D eigenvalue weighted by atomic mass is 79.9. The fourth-order valence-corrected chi connectivity index (χ4v) is 3.40. The van der Waals surface area contributed by atoms with Gasteiger partial charge >= 0.3 is 0 Å².